The molecule has 3 aliphatic rings. The van der Waals surface area contributed by atoms with E-state index in [9.17, 15) is 19.2 Å². The highest BCUT2D eigenvalue weighted by atomic mass is 16.6. The second-order valence-electron chi connectivity index (χ2n) is 10.0. The van der Waals surface area contributed by atoms with Gasteiger partial charge in [0, 0.05) is 49.4 Å². The van der Waals surface area contributed by atoms with Crippen LogP contribution in [-0.2, 0) is 20.9 Å². The van der Waals surface area contributed by atoms with E-state index in [-0.39, 0.29) is 24.3 Å². The third kappa shape index (κ3) is 5.12. The number of hydrogen-bond donors (Lipinski definition) is 2. The summed E-state index contributed by atoms with van der Waals surface area (Å²) < 4.78 is 5.47. The van der Waals surface area contributed by atoms with E-state index < -0.39 is 17.6 Å². The third-order valence-electron chi connectivity index (χ3n) is 6.39. The van der Waals surface area contributed by atoms with Gasteiger partial charge in [0.1, 0.15) is 11.6 Å². The van der Waals surface area contributed by atoms with Crippen LogP contribution >= 0.6 is 0 Å². The van der Waals surface area contributed by atoms with Crippen molar-refractivity contribution in [2.75, 3.05) is 25.0 Å². The second-order valence-corrected chi connectivity index (χ2v) is 10.0. The highest BCUT2D eigenvalue weighted by Crippen LogP contribution is 2.32. The van der Waals surface area contributed by atoms with Gasteiger partial charge in [-0.25, -0.2) is 4.79 Å². The first-order valence-corrected chi connectivity index (χ1v) is 11.6. The SMILES string of the molecule is CC(C)(C)OC(=O)N1CC[C@@H](CCNc2cccc3c2CN(C2CCC(=O)NC2=O)C3=O)C1. The maximum absolute atomic E-state index is 12.9. The second kappa shape index (κ2) is 9.03. The molecule has 0 aliphatic carbocycles. The molecule has 2 fully saturated rings. The van der Waals surface area contributed by atoms with Crippen LogP contribution in [0.2, 0.25) is 0 Å². The number of hydrogen-bond acceptors (Lipinski definition) is 6. The molecular weight excluding hydrogens is 424 g/mol. The average molecular weight is 457 g/mol. The number of carbonyl (C=O) groups excluding carboxylic acids is 4. The number of benzene rings is 1. The van der Waals surface area contributed by atoms with E-state index in [4.69, 9.17) is 4.74 Å². The molecule has 178 valence electrons. The van der Waals surface area contributed by atoms with Crippen molar-refractivity contribution in [2.45, 2.75) is 64.6 Å². The summed E-state index contributed by atoms with van der Waals surface area (Å²) in [6.07, 6.45) is 2.17. The Morgan fingerprint density at radius 2 is 2.00 bits per heavy atom. The standard InChI is InChI=1S/C24H32N4O5/c1-24(2,3)33-23(32)27-12-10-15(13-27)9-11-25-18-6-4-5-16-17(18)14-28(22(16)31)19-7-8-20(29)26-21(19)30/h4-6,15,19,25H,7-14H2,1-3H3,(H,26,29,30)/t15-,19?/m1/s1. The molecule has 2 atom stereocenters. The maximum Gasteiger partial charge on any atom is 0.410 e. The van der Waals surface area contributed by atoms with Gasteiger partial charge in [0.2, 0.25) is 11.8 Å². The van der Waals surface area contributed by atoms with Crippen LogP contribution < -0.4 is 10.6 Å². The number of nitrogens with one attached hydrogen (secondary N) is 2. The van der Waals surface area contributed by atoms with Crippen LogP contribution in [0.15, 0.2) is 18.2 Å². The molecule has 2 saturated heterocycles. The minimum Gasteiger partial charge on any atom is -0.444 e. The lowest BCUT2D eigenvalue weighted by Gasteiger charge is -2.29. The molecule has 9 heteroatoms. The molecule has 9 nitrogen and oxygen atoms in total. The first-order valence-electron chi connectivity index (χ1n) is 11.6. The van der Waals surface area contributed by atoms with Gasteiger partial charge in [-0.05, 0) is 58.1 Å². The summed E-state index contributed by atoms with van der Waals surface area (Å²) in [7, 11) is 0. The van der Waals surface area contributed by atoms with Crippen molar-refractivity contribution in [1.29, 1.82) is 0 Å². The molecule has 3 heterocycles. The molecule has 4 amide bonds. The van der Waals surface area contributed by atoms with Crippen LogP contribution in [0.1, 0.15) is 62.4 Å². The Bertz CT molecular complexity index is 970. The van der Waals surface area contributed by atoms with Crippen molar-refractivity contribution in [3.63, 3.8) is 0 Å². The highest BCUT2D eigenvalue weighted by molar-refractivity contribution is 6.06. The van der Waals surface area contributed by atoms with E-state index in [1.54, 1.807) is 15.9 Å². The summed E-state index contributed by atoms with van der Waals surface area (Å²) in [6.45, 7) is 8.06. The molecular formula is C24H32N4O5. The zero-order valence-electron chi connectivity index (χ0n) is 19.5. The van der Waals surface area contributed by atoms with E-state index >= 15 is 0 Å². The first-order chi connectivity index (χ1) is 15.6. The molecule has 33 heavy (non-hydrogen) atoms. The Labute approximate surface area is 193 Å². The topological polar surface area (TPSA) is 108 Å². The van der Waals surface area contributed by atoms with Crippen molar-refractivity contribution < 1.29 is 23.9 Å². The maximum atomic E-state index is 12.9. The predicted molar refractivity (Wildman–Crippen MR) is 122 cm³/mol. The molecule has 1 unspecified atom stereocenters. The van der Waals surface area contributed by atoms with E-state index in [1.165, 1.54) is 0 Å². The van der Waals surface area contributed by atoms with Gasteiger partial charge in [-0.15, -0.1) is 0 Å². The van der Waals surface area contributed by atoms with Gasteiger partial charge < -0.3 is 19.9 Å². The van der Waals surface area contributed by atoms with E-state index in [1.807, 2.05) is 32.9 Å². The largest absolute Gasteiger partial charge is 0.444 e. The van der Waals surface area contributed by atoms with Gasteiger partial charge in [0.15, 0.2) is 0 Å². The van der Waals surface area contributed by atoms with Crippen LogP contribution in [-0.4, -0.2) is 64.9 Å². The third-order valence-corrected chi connectivity index (χ3v) is 6.39. The lowest BCUT2D eigenvalue weighted by atomic mass is 10.0. The number of anilines is 1. The Kier molecular flexibility index (Phi) is 6.32. The van der Waals surface area contributed by atoms with E-state index in [2.05, 4.69) is 10.6 Å². The fourth-order valence-corrected chi connectivity index (χ4v) is 4.72. The molecule has 1 aromatic rings. The summed E-state index contributed by atoms with van der Waals surface area (Å²) in [5, 5.41) is 5.78. The fourth-order valence-electron chi connectivity index (χ4n) is 4.72. The summed E-state index contributed by atoms with van der Waals surface area (Å²) in [6, 6.07) is 4.95. The minimum atomic E-state index is -0.618. The van der Waals surface area contributed by atoms with Gasteiger partial charge in [0.25, 0.3) is 5.91 Å². The zero-order valence-corrected chi connectivity index (χ0v) is 19.5. The number of piperidine rings is 1. The molecule has 0 radical (unpaired) electrons. The molecule has 0 bridgehead atoms. The number of rotatable bonds is 5. The van der Waals surface area contributed by atoms with Crippen molar-refractivity contribution in [3.05, 3.63) is 29.3 Å². The first kappa shape index (κ1) is 23.1. The molecule has 0 saturated carbocycles. The van der Waals surface area contributed by atoms with Crippen molar-refractivity contribution in [3.8, 4) is 0 Å². The smallest absolute Gasteiger partial charge is 0.410 e. The van der Waals surface area contributed by atoms with Crippen molar-refractivity contribution in [2.24, 2.45) is 5.92 Å². The molecule has 0 spiro atoms. The van der Waals surface area contributed by atoms with E-state index in [0.717, 1.165) is 30.6 Å². The van der Waals surface area contributed by atoms with Crippen LogP contribution in [0.4, 0.5) is 10.5 Å². The number of carbonyl (C=O) groups is 4. The quantitative estimate of drug-likeness (QED) is 0.659. The van der Waals surface area contributed by atoms with Crippen LogP contribution in [0.25, 0.3) is 0 Å². The fraction of sp³-hybridized carbons (Fsp3) is 0.583. The summed E-state index contributed by atoms with van der Waals surface area (Å²) in [4.78, 5) is 52.3. The zero-order chi connectivity index (χ0) is 23.8. The average Bonchev–Trinajstić information content (AvgIpc) is 3.33. The molecule has 4 rings (SSSR count). The summed E-state index contributed by atoms with van der Waals surface area (Å²) in [5.74, 6) is -0.479. The number of amides is 4. The van der Waals surface area contributed by atoms with Crippen molar-refractivity contribution >= 4 is 29.5 Å². The van der Waals surface area contributed by atoms with Crippen LogP contribution in [0, 0.1) is 5.92 Å². The van der Waals surface area contributed by atoms with Gasteiger partial charge in [-0.1, -0.05) is 6.07 Å². The lowest BCUT2D eigenvalue weighted by Crippen LogP contribution is -2.52. The lowest BCUT2D eigenvalue weighted by molar-refractivity contribution is -0.136. The summed E-state index contributed by atoms with van der Waals surface area (Å²) in [5.41, 5.74) is 1.87. The Morgan fingerprint density at radius 1 is 1.21 bits per heavy atom. The summed E-state index contributed by atoms with van der Waals surface area (Å²) >= 11 is 0. The molecule has 1 aromatic carbocycles. The van der Waals surface area contributed by atoms with Crippen LogP contribution in [0.5, 0.6) is 0 Å². The number of fused-ring (bicyclic) bond motifs is 1. The Balaban J connectivity index is 1.32. The Hall–Kier alpha value is -3.10. The van der Waals surface area contributed by atoms with Gasteiger partial charge >= 0.3 is 6.09 Å². The highest BCUT2D eigenvalue weighted by Gasteiger charge is 2.39. The molecule has 3 aliphatic heterocycles. The number of ether oxygens (including phenoxy) is 1. The van der Waals surface area contributed by atoms with Gasteiger partial charge in [0.05, 0.1) is 0 Å². The minimum absolute atomic E-state index is 0.174. The normalized spacial score (nSPS) is 22.9. The van der Waals surface area contributed by atoms with Gasteiger partial charge in [-0.3, -0.25) is 19.7 Å². The van der Waals surface area contributed by atoms with E-state index in [0.29, 0.717) is 37.5 Å². The molecule has 0 aromatic heterocycles. The number of likely N-dealkylation sites (tertiary alicyclic amines) is 1. The number of imide groups is 1. The Morgan fingerprint density at radius 3 is 2.73 bits per heavy atom. The number of nitrogens with zero attached hydrogens (tertiary/aromatic N) is 2. The predicted octanol–water partition coefficient (Wildman–Crippen LogP) is 2.51. The van der Waals surface area contributed by atoms with Crippen molar-refractivity contribution in [1.82, 2.24) is 15.1 Å². The monoisotopic (exact) mass is 456 g/mol. The van der Waals surface area contributed by atoms with Crippen LogP contribution in [0.3, 0.4) is 0 Å². The molecule has 2 N–H and O–H groups in total. The van der Waals surface area contributed by atoms with Gasteiger partial charge in [-0.2, -0.15) is 0 Å².